The molecule has 0 aromatic heterocycles. The summed E-state index contributed by atoms with van der Waals surface area (Å²) < 4.78 is 0. The van der Waals surface area contributed by atoms with E-state index in [9.17, 15) is 9.59 Å². The van der Waals surface area contributed by atoms with Crippen LogP contribution >= 0.6 is 0 Å². The average Bonchev–Trinajstić information content (AvgIpc) is 3.35. The van der Waals surface area contributed by atoms with Gasteiger partial charge in [-0.05, 0) is 36.1 Å². The maximum atomic E-state index is 13.4. The van der Waals surface area contributed by atoms with Crippen LogP contribution in [-0.4, -0.2) is 41.0 Å². The Morgan fingerprint density at radius 1 is 0.852 bits per heavy atom. The van der Waals surface area contributed by atoms with Gasteiger partial charge in [-0.1, -0.05) is 49.4 Å². The lowest BCUT2D eigenvalue weighted by atomic mass is 9.90. The quantitative estimate of drug-likeness (QED) is 0.789. The molecular formula is C22H23N3O2. The molecule has 5 nitrogen and oxygen atoms in total. The number of imide groups is 1. The molecule has 0 saturated carbocycles. The van der Waals surface area contributed by atoms with E-state index in [0.29, 0.717) is 5.69 Å². The van der Waals surface area contributed by atoms with Crippen LogP contribution in [0.5, 0.6) is 0 Å². The van der Waals surface area contributed by atoms with Crippen molar-refractivity contribution in [1.29, 1.82) is 0 Å². The number of hydrazine groups is 1. The molecule has 3 heterocycles. The minimum Gasteiger partial charge on any atom is -0.274 e. The molecule has 3 fully saturated rings. The fraction of sp³-hybridized carbons (Fsp3) is 0.364. The number of hydrogen-bond donors (Lipinski definition) is 0. The topological polar surface area (TPSA) is 43.9 Å². The first-order valence-electron chi connectivity index (χ1n) is 9.75. The van der Waals surface area contributed by atoms with Crippen molar-refractivity contribution in [1.82, 2.24) is 10.0 Å². The Hall–Kier alpha value is -2.50. The van der Waals surface area contributed by atoms with Gasteiger partial charge >= 0.3 is 0 Å². The molecule has 3 aliphatic heterocycles. The van der Waals surface area contributed by atoms with Crippen molar-refractivity contribution in [3.63, 3.8) is 0 Å². The van der Waals surface area contributed by atoms with Crippen molar-refractivity contribution >= 4 is 17.5 Å². The van der Waals surface area contributed by atoms with E-state index in [-0.39, 0.29) is 29.8 Å². The van der Waals surface area contributed by atoms with Crippen LogP contribution in [0.2, 0.25) is 0 Å². The second-order valence-corrected chi connectivity index (χ2v) is 7.54. The number of anilines is 1. The van der Waals surface area contributed by atoms with Crippen LogP contribution < -0.4 is 4.90 Å². The zero-order chi connectivity index (χ0) is 18.5. The highest BCUT2D eigenvalue weighted by Crippen LogP contribution is 2.48. The summed E-state index contributed by atoms with van der Waals surface area (Å²) in [6, 6.07) is 17.5. The summed E-state index contributed by atoms with van der Waals surface area (Å²) in [5, 5.41) is 4.39. The number of hydrogen-bond acceptors (Lipinski definition) is 4. The van der Waals surface area contributed by atoms with Crippen molar-refractivity contribution < 1.29 is 9.59 Å². The molecular weight excluding hydrogens is 338 g/mol. The molecule has 3 atom stereocenters. The maximum absolute atomic E-state index is 13.4. The standard InChI is InChI=1S/C22H23N3O2/c1-2-15-9-11-17(12-10-15)25-21(26)18-19(16-7-4-3-5-8-16)23-13-6-14-24(23)20(18)22(25)27/h3-5,7-12,18-20H,2,6,13-14H2,1H3/t18-,19-,20+/m0/s1. The highest BCUT2D eigenvalue weighted by Gasteiger charge is 2.62. The van der Waals surface area contributed by atoms with E-state index >= 15 is 0 Å². The number of fused-ring (bicyclic) bond motifs is 3. The SMILES string of the molecule is CCc1ccc(N2C(=O)[C@@H]3[C@H](C2=O)N2CCCN2[C@H]3c2ccccc2)cc1. The Balaban J connectivity index is 1.55. The summed E-state index contributed by atoms with van der Waals surface area (Å²) in [6.45, 7) is 3.84. The Kier molecular flexibility index (Phi) is 3.88. The van der Waals surface area contributed by atoms with Crippen LogP contribution in [-0.2, 0) is 16.0 Å². The van der Waals surface area contributed by atoms with Gasteiger partial charge in [0, 0.05) is 13.1 Å². The van der Waals surface area contributed by atoms with Gasteiger partial charge in [0.05, 0.1) is 17.6 Å². The van der Waals surface area contributed by atoms with Crippen LogP contribution in [0.3, 0.4) is 0 Å². The number of carbonyl (C=O) groups is 2. The highest BCUT2D eigenvalue weighted by molar-refractivity contribution is 6.24. The number of benzene rings is 2. The molecule has 3 saturated heterocycles. The van der Waals surface area contributed by atoms with Gasteiger partial charge in [0.15, 0.2) is 0 Å². The third kappa shape index (κ3) is 2.38. The van der Waals surface area contributed by atoms with Gasteiger partial charge in [-0.2, -0.15) is 0 Å². The lowest BCUT2D eigenvalue weighted by molar-refractivity contribution is -0.126. The zero-order valence-electron chi connectivity index (χ0n) is 15.4. The minimum absolute atomic E-state index is 0.0601. The number of aryl methyl sites for hydroxylation is 1. The molecule has 0 bridgehead atoms. The maximum Gasteiger partial charge on any atom is 0.253 e. The van der Waals surface area contributed by atoms with E-state index in [0.717, 1.165) is 31.5 Å². The molecule has 0 N–H and O–H groups in total. The van der Waals surface area contributed by atoms with Gasteiger partial charge < -0.3 is 0 Å². The fourth-order valence-corrected chi connectivity index (χ4v) is 4.90. The predicted molar refractivity (Wildman–Crippen MR) is 103 cm³/mol. The third-order valence-corrected chi connectivity index (χ3v) is 6.15. The predicted octanol–water partition coefficient (Wildman–Crippen LogP) is 2.78. The van der Waals surface area contributed by atoms with Crippen molar-refractivity contribution in [2.24, 2.45) is 5.92 Å². The second kappa shape index (κ2) is 6.29. The molecule has 2 aromatic carbocycles. The Bertz CT molecular complexity index is 880. The zero-order valence-corrected chi connectivity index (χ0v) is 15.4. The van der Waals surface area contributed by atoms with Gasteiger partial charge in [-0.25, -0.2) is 14.9 Å². The Labute approximate surface area is 159 Å². The summed E-state index contributed by atoms with van der Waals surface area (Å²) in [4.78, 5) is 28.1. The van der Waals surface area contributed by atoms with Crippen molar-refractivity contribution in [2.75, 3.05) is 18.0 Å². The highest BCUT2D eigenvalue weighted by atomic mass is 16.2. The second-order valence-electron chi connectivity index (χ2n) is 7.54. The van der Waals surface area contributed by atoms with E-state index < -0.39 is 0 Å². The van der Waals surface area contributed by atoms with Gasteiger partial charge in [0.2, 0.25) is 5.91 Å². The number of nitrogens with zero attached hydrogens (tertiary/aromatic N) is 3. The molecule has 2 amide bonds. The lowest BCUT2D eigenvalue weighted by Crippen LogP contribution is -2.44. The molecule has 5 heteroatoms. The number of rotatable bonds is 3. The first-order valence-corrected chi connectivity index (χ1v) is 9.75. The van der Waals surface area contributed by atoms with Crippen molar-refractivity contribution in [2.45, 2.75) is 31.8 Å². The minimum atomic E-state index is -0.379. The average molecular weight is 361 g/mol. The molecule has 27 heavy (non-hydrogen) atoms. The monoisotopic (exact) mass is 361 g/mol. The molecule has 2 aromatic rings. The Morgan fingerprint density at radius 3 is 2.19 bits per heavy atom. The van der Waals surface area contributed by atoms with Gasteiger partial charge in [0.25, 0.3) is 5.91 Å². The summed E-state index contributed by atoms with van der Waals surface area (Å²) in [5.74, 6) is -0.497. The molecule has 0 aliphatic carbocycles. The normalized spacial score (nSPS) is 28.0. The first-order chi connectivity index (χ1) is 13.2. The fourth-order valence-electron chi connectivity index (χ4n) is 4.90. The number of amides is 2. The molecule has 0 spiro atoms. The number of carbonyl (C=O) groups excluding carboxylic acids is 2. The van der Waals surface area contributed by atoms with Crippen LogP contribution in [0.15, 0.2) is 54.6 Å². The van der Waals surface area contributed by atoms with Crippen LogP contribution in [0.1, 0.15) is 30.5 Å². The summed E-state index contributed by atoms with van der Waals surface area (Å²) in [5.41, 5.74) is 3.00. The van der Waals surface area contributed by atoms with E-state index in [1.54, 1.807) is 0 Å². The molecule has 138 valence electrons. The molecule has 0 unspecified atom stereocenters. The first kappa shape index (κ1) is 16.7. The van der Waals surface area contributed by atoms with Gasteiger partial charge in [0.1, 0.15) is 6.04 Å². The van der Waals surface area contributed by atoms with E-state index in [1.165, 1.54) is 10.5 Å². The smallest absolute Gasteiger partial charge is 0.253 e. The van der Waals surface area contributed by atoms with Crippen LogP contribution in [0.4, 0.5) is 5.69 Å². The van der Waals surface area contributed by atoms with Crippen LogP contribution in [0.25, 0.3) is 0 Å². The molecule has 5 rings (SSSR count). The van der Waals surface area contributed by atoms with Crippen molar-refractivity contribution in [3.8, 4) is 0 Å². The van der Waals surface area contributed by atoms with E-state index in [1.807, 2.05) is 42.5 Å². The summed E-state index contributed by atoms with van der Waals surface area (Å²) in [7, 11) is 0. The molecule has 0 radical (unpaired) electrons. The van der Waals surface area contributed by atoms with E-state index in [2.05, 4.69) is 29.1 Å². The third-order valence-electron chi connectivity index (χ3n) is 6.15. The van der Waals surface area contributed by atoms with Gasteiger partial charge in [-0.3, -0.25) is 9.59 Å². The lowest BCUT2D eigenvalue weighted by Gasteiger charge is -2.29. The summed E-state index contributed by atoms with van der Waals surface area (Å²) >= 11 is 0. The molecule has 3 aliphatic rings. The van der Waals surface area contributed by atoms with E-state index in [4.69, 9.17) is 0 Å². The largest absolute Gasteiger partial charge is 0.274 e. The van der Waals surface area contributed by atoms with Gasteiger partial charge in [-0.15, -0.1) is 0 Å². The summed E-state index contributed by atoms with van der Waals surface area (Å²) in [6.07, 6.45) is 1.96. The van der Waals surface area contributed by atoms with Crippen LogP contribution in [0, 0.1) is 5.92 Å². The Morgan fingerprint density at radius 2 is 1.52 bits per heavy atom. The van der Waals surface area contributed by atoms with Crippen molar-refractivity contribution in [3.05, 3.63) is 65.7 Å².